The molecular weight excluding hydrogens is 108 g/mol. The summed E-state index contributed by atoms with van der Waals surface area (Å²) in [5.41, 5.74) is 6.88. The summed E-state index contributed by atoms with van der Waals surface area (Å²) < 4.78 is 0. The van der Waals surface area contributed by atoms with Crippen LogP contribution in [-0.2, 0) is 0 Å². The molecule has 1 aliphatic rings. The first-order valence-corrected chi connectivity index (χ1v) is 3.24. The summed E-state index contributed by atoms with van der Waals surface area (Å²) in [5, 5.41) is 0. The molecule has 0 heteroatoms. The van der Waals surface area contributed by atoms with E-state index in [1.54, 1.807) is 0 Å². The molecule has 0 aromatic rings. The second kappa shape index (κ2) is 5.18. The van der Waals surface area contributed by atoms with Gasteiger partial charge < -0.3 is 0 Å². The minimum absolute atomic E-state index is 1.23. The Morgan fingerprint density at radius 1 is 1.22 bits per heavy atom. The minimum atomic E-state index is 1.23. The first kappa shape index (κ1) is 8.04. The van der Waals surface area contributed by atoms with E-state index >= 15 is 0 Å². The molecule has 0 heterocycles. The molecule has 0 fully saturated rings. The van der Waals surface area contributed by atoms with Gasteiger partial charge in [0.25, 0.3) is 0 Å². The van der Waals surface area contributed by atoms with E-state index in [-0.39, 0.29) is 0 Å². The second-order valence-electron chi connectivity index (χ2n) is 1.51. The van der Waals surface area contributed by atoms with Gasteiger partial charge in [-0.15, -0.1) is 0 Å². The molecule has 48 valence electrons. The first-order chi connectivity index (χ1) is 4.39. The fourth-order valence-corrected chi connectivity index (χ4v) is 0.425. The zero-order valence-electron chi connectivity index (χ0n) is 6.23. The lowest BCUT2D eigenvalue weighted by Crippen LogP contribution is -1.63. The molecule has 0 aromatic carbocycles. The Morgan fingerprint density at radius 3 is 2.11 bits per heavy atom. The van der Waals surface area contributed by atoms with Crippen molar-refractivity contribution in [2.45, 2.75) is 20.8 Å². The average Bonchev–Trinajstić information content (AvgIpc) is 1.94. The van der Waals surface area contributed by atoms with Crippen molar-refractivity contribution in [3.8, 4) is 0 Å². The molecule has 1 aliphatic carbocycles. The Balaban J connectivity index is 0.000000291. The van der Waals surface area contributed by atoms with E-state index in [2.05, 4.69) is 11.5 Å². The quantitative estimate of drug-likeness (QED) is 0.431. The van der Waals surface area contributed by atoms with Crippen LogP contribution in [0.15, 0.2) is 35.3 Å². The monoisotopic (exact) mass is 120 g/mol. The maximum absolute atomic E-state index is 2.84. The van der Waals surface area contributed by atoms with E-state index < -0.39 is 0 Å². The fraction of sp³-hybridized carbons (Fsp3) is 0.333. The fourth-order valence-electron chi connectivity index (χ4n) is 0.425. The van der Waals surface area contributed by atoms with Crippen molar-refractivity contribution in [1.29, 1.82) is 0 Å². The van der Waals surface area contributed by atoms with Crippen molar-refractivity contribution in [2.75, 3.05) is 0 Å². The van der Waals surface area contributed by atoms with E-state index in [1.165, 1.54) is 5.57 Å². The molecule has 0 saturated heterocycles. The van der Waals surface area contributed by atoms with Crippen LogP contribution in [0.4, 0.5) is 0 Å². The standard InChI is InChI=1S/C7H6.C2H6/c1-7-5-3-2-4-6-7;1-2/h3,5-6H,1H3;1-2H3. The zero-order valence-corrected chi connectivity index (χ0v) is 6.23. The van der Waals surface area contributed by atoms with Gasteiger partial charge in [0, 0.05) is 0 Å². The summed E-state index contributed by atoms with van der Waals surface area (Å²) in [4.78, 5) is 0. The van der Waals surface area contributed by atoms with Crippen molar-refractivity contribution in [2.24, 2.45) is 0 Å². The lowest BCUT2D eigenvalue weighted by atomic mass is 10.2. The molecule has 0 N–H and O–H groups in total. The number of rotatable bonds is 0. The first-order valence-electron chi connectivity index (χ1n) is 3.24. The Bertz CT molecular complexity index is 182. The Kier molecular flexibility index (Phi) is 4.63. The van der Waals surface area contributed by atoms with E-state index in [0.717, 1.165) is 0 Å². The summed E-state index contributed by atoms with van der Waals surface area (Å²) in [6, 6.07) is 0. The van der Waals surface area contributed by atoms with E-state index in [4.69, 9.17) is 0 Å². The van der Waals surface area contributed by atoms with E-state index in [1.807, 2.05) is 39.0 Å². The summed E-state index contributed by atoms with van der Waals surface area (Å²) >= 11 is 0. The largest absolute Gasteiger partial charge is 0.0702 e. The predicted molar refractivity (Wildman–Crippen MR) is 41.3 cm³/mol. The molecule has 0 spiro atoms. The van der Waals surface area contributed by atoms with Crippen molar-refractivity contribution in [1.82, 2.24) is 0 Å². The molecule has 0 aliphatic heterocycles. The third kappa shape index (κ3) is 3.61. The highest BCUT2D eigenvalue weighted by molar-refractivity contribution is 5.24. The third-order valence-corrected chi connectivity index (χ3v) is 0.813. The average molecular weight is 120 g/mol. The van der Waals surface area contributed by atoms with Gasteiger partial charge in [-0.3, -0.25) is 0 Å². The van der Waals surface area contributed by atoms with Crippen LogP contribution in [0.3, 0.4) is 0 Å². The van der Waals surface area contributed by atoms with Gasteiger partial charge in [0.2, 0.25) is 0 Å². The van der Waals surface area contributed by atoms with Gasteiger partial charge in [0.15, 0.2) is 0 Å². The molecule has 0 unspecified atom stereocenters. The normalized spacial score (nSPS) is 12.1. The SMILES string of the molecule is CC.CC1=CC=C=C=C1. The summed E-state index contributed by atoms with van der Waals surface area (Å²) in [5.74, 6) is 0. The van der Waals surface area contributed by atoms with Gasteiger partial charge in [0.1, 0.15) is 0 Å². The number of hydrogen-bond acceptors (Lipinski definition) is 0. The molecule has 0 amide bonds. The molecule has 1 rings (SSSR count). The maximum Gasteiger partial charge on any atom is -0.00858 e. The summed E-state index contributed by atoms with van der Waals surface area (Å²) in [6.45, 7) is 6.03. The van der Waals surface area contributed by atoms with Gasteiger partial charge in [-0.05, 0) is 24.6 Å². The lowest BCUT2D eigenvalue weighted by molar-refractivity contribution is 1.50. The minimum Gasteiger partial charge on any atom is -0.0702 e. The molecule has 0 atom stereocenters. The van der Waals surface area contributed by atoms with Gasteiger partial charge in [-0.1, -0.05) is 31.4 Å². The zero-order chi connectivity index (χ0) is 7.11. The molecule has 0 aromatic heterocycles. The maximum atomic E-state index is 2.84. The Labute approximate surface area is 56.9 Å². The third-order valence-electron chi connectivity index (χ3n) is 0.813. The number of allylic oxidation sites excluding steroid dienone is 4. The van der Waals surface area contributed by atoms with Crippen molar-refractivity contribution in [3.05, 3.63) is 35.3 Å². The summed E-state index contributed by atoms with van der Waals surface area (Å²) in [7, 11) is 0. The number of hydrogen-bond donors (Lipinski definition) is 0. The highest BCUT2D eigenvalue weighted by Gasteiger charge is 1.76. The van der Waals surface area contributed by atoms with Crippen molar-refractivity contribution < 1.29 is 0 Å². The molecule has 0 saturated carbocycles. The van der Waals surface area contributed by atoms with E-state index in [0.29, 0.717) is 0 Å². The Hall–Kier alpha value is -0.960. The summed E-state index contributed by atoms with van der Waals surface area (Å²) in [6.07, 6.45) is 5.76. The van der Waals surface area contributed by atoms with Crippen molar-refractivity contribution in [3.63, 3.8) is 0 Å². The van der Waals surface area contributed by atoms with Gasteiger partial charge >= 0.3 is 0 Å². The van der Waals surface area contributed by atoms with Gasteiger partial charge in [0.05, 0.1) is 0 Å². The van der Waals surface area contributed by atoms with Crippen molar-refractivity contribution >= 4 is 0 Å². The molecule has 0 radical (unpaired) electrons. The smallest absolute Gasteiger partial charge is 0.00858 e. The molecule has 9 heavy (non-hydrogen) atoms. The topological polar surface area (TPSA) is 0 Å². The molecule has 0 nitrogen and oxygen atoms in total. The molecule has 0 bridgehead atoms. The van der Waals surface area contributed by atoms with Crippen LogP contribution in [-0.4, -0.2) is 0 Å². The van der Waals surface area contributed by atoms with Gasteiger partial charge in [-0.2, -0.15) is 0 Å². The van der Waals surface area contributed by atoms with Gasteiger partial charge in [-0.25, -0.2) is 0 Å². The van der Waals surface area contributed by atoms with Crippen LogP contribution in [0.25, 0.3) is 0 Å². The van der Waals surface area contributed by atoms with Crippen LogP contribution >= 0.6 is 0 Å². The van der Waals surface area contributed by atoms with Crippen LogP contribution in [0.5, 0.6) is 0 Å². The lowest BCUT2D eigenvalue weighted by Gasteiger charge is -1.83. The van der Waals surface area contributed by atoms with Crippen LogP contribution < -0.4 is 0 Å². The predicted octanol–water partition coefficient (Wildman–Crippen LogP) is 2.84. The van der Waals surface area contributed by atoms with E-state index in [9.17, 15) is 0 Å². The Morgan fingerprint density at radius 2 is 1.89 bits per heavy atom. The molecular formula is C9H12. The van der Waals surface area contributed by atoms with Crippen LogP contribution in [0, 0.1) is 0 Å². The highest BCUT2D eigenvalue weighted by Crippen LogP contribution is 1.95. The van der Waals surface area contributed by atoms with Crippen LogP contribution in [0.2, 0.25) is 0 Å². The van der Waals surface area contributed by atoms with Crippen LogP contribution in [0.1, 0.15) is 20.8 Å². The second-order valence-corrected chi connectivity index (χ2v) is 1.51. The highest BCUT2D eigenvalue weighted by atomic mass is 13.8.